The first-order valence-corrected chi connectivity index (χ1v) is 9.91. The van der Waals surface area contributed by atoms with Gasteiger partial charge >= 0.3 is 7.12 Å². The molecule has 2 heterocycles. The van der Waals surface area contributed by atoms with Crippen molar-refractivity contribution in [2.45, 2.75) is 50.0 Å². The molecule has 1 amide bonds. The molecule has 1 fully saturated rings. The summed E-state index contributed by atoms with van der Waals surface area (Å²) in [5.74, 6) is -0.637. The van der Waals surface area contributed by atoms with Gasteiger partial charge in [0.1, 0.15) is 5.75 Å². The van der Waals surface area contributed by atoms with Gasteiger partial charge in [-0.1, -0.05) is 24.3 Å². The molecule has 8 N–H and O–H groups in total. The van der Waals surface area contributed by atoms with Crippen LogP contribution < -0.4 is 21.4 Å². The number of para-hydroxylation sites is 1. The summed E-state index contributed by atoms with van der Waals surface area (Å²) in [5, 5.41) is 32.3. The van der Waals surface area contributed by atoms with E-state index in [0.717, 1.165) is 11.1 Å². The van der Waals surface area contributed by atoms with E-state index in [9.17, 15) is 20.0 Å². The molecule has 2 aliphatic rings. The molecule has 1 aliphatic heterocycles. The van der Waals surface area contributed by atoms with E-state index < -0.39 is 24.8 Å². The highest BCUT2D eigenvalue weighted by Crippen LogP contribution is 2.48. The van der Waals surface area contributed by atoms with Crippen molar-refractivity contribution in [3.63, 3.8) is 0 Å². The molecule has 1 saturated carbocycles. The lowest BCUT2D eigenvalue weighted by molar-refractivity contribution is -0.124. The van der Waals surface area contributed by atoms with E-state index in [1.165, 1.54) is 6.07 Å². The number of hydrogen-bond acceptors (Lipinski definition) is 8. The fraction of sp³-hybridized carbons (Fsp3) is 0.400. The van der Waals surface area contributed by atoms with Crippen LogP contribution in [0, 0.1) is 0 Å². The molecule has 0 saturated heterocycles. The van der Waals surface area contributed by atoms with Crippen molar-refractivity contribution in [3.8, 4) is 5.75 Å². The minimum Gasteiger partial charge on any atom is -0.534 e. The Balaban J connectivity index is 1.54. The Morgan fingerprint density at radius 2 is 2.10 bits per heavy atom. The topological polar surface area (TPSA) is 164 Å². The highest BCUT2D eigenvalue weighted by atomic mass is 16.5. The van der Waals surface area contributed by atoms with Crippen LogP contribution in [0.25, 0.3) is 0 Å². The van der Waals surface area contributed by atoms with Gasteiger partial charge in [0, 0.05) is 24.8 Å². The number of aliphatic hydroxyl groups excluding tert-OH is 1. The van der Waals surface area contributed by atoms with Gasteiger partial charge in [-0.05, 0) is 36.0 Å². The summed E-state index contributed by atoms with van der Waals surface area (Å²) in [6.45, 7) is 0.567. The number of pyridine rings is 1. The van der Waals surface area contributed by atoms with E-state index in [2.05, 4.69) is 10.3 Å². The van der Waals surface area contributed by atoms with E-state index in [1.54, 1.807) is 18.3 Å². The van der Waals surface area contributed by atoms with Crippen LogP contribution in [0.15, 0.2) is 30.5 Å². The number of hydrogen-bond donors (Lipinski definition) is 6. The third-order valence-corrected chi connectivity index (χ3v) is 5.95. The summed E-state index contributed by atoms with van der Waals surface area (Å²) < 4.78 is 5.52. The van der Waals surface area contributed by atoms with Gasteiger partial charge < -0.3 is 36.7 Å². The van der Waals surface area contributed by atoms with Gasteiger partial charge in [0.25, 0.3) is 0 Å². The maximum Gasteiger partial charge on any atom is 0.547 e. The van der Waals surface area contributed by atoms with E-state index in [-0.39, 0.29) is 30.3 Å². The Hall–Kier alpha value is -2.50. The Bertz CT molecular complexity index is 966. The first-order chi connectivity index (χ1) is 14.4. The molecule has 0 radical (unpaired) electrons. The SMILES string of the molecule is NCc1cc(C2(C(=O)N[C@H]3Cc4cccc(C(O)O)c4OB3O)CC2)cnc1CN. The van der Waals surface area contributed by atoms with Crippen molar-refractivity contribution in [2.24, 2.45) is 11.5 Å². The number of nitrogens with zero attached hydrogens (tertiary/aromatic N) is 1. The molecular weight excluding hydrogens is 387 g/mol. The first kappa shape index (κ1) is 20.8. The molecule has 1 atom stereocenters. The van der Waals surface area contributed by atoms with Gasteiger partial charge in [-0.15, -0.1) is 0 Å². The van der Waals surface area contributed by atoms with Gasteiger partial charge in [-0.3, -0.25) is 9.78 Å². The summed E-state index contributed by atoms with van der Waals surface area (Å²) in [6.07, 6.45) is 1.61. The monoisotopic (exact) mass is 412 g/mol. The van der Waals surface area contributed by atoms with Gasteiger partial charge in [0.2, 0.25) is 5.91 Å². The fourth-order valence-electron chi connectivity index (χ4n) is 4.01. The van der Waals surface area contributed by atoms with Crippen molar-refractivity contribution >= 4 is 13.0 Å². The number of benzene rings is 1. The zero-order valence-corrected chi connectivity index (χ0v) is 16.4. The van der Waals surface area contributed by atoms with Crippen molar-refractivity contribution < 1.29 is 24.7 Å². The lowest BCUT2D eigenvalue weighted by Crippen LogP contribution is -2.55. The van der Waals surface area contributed by atoms with Crippen LogP contribution in [0.3, 0.4) is 0 Å². The highest BCUT2D eigenvalue weighted by molar-refractivity contribution is 6.47. The predicted molar refractivity (Wildman–Crippen MR) is 109 cm³/mol. The van der Waals surface area contributed by atoms with Crippen LogP contribution >= 0.6 is 0 Å². The molecule has 10 heteroatoms. The number of carbonyl (C=O) groups excluding carboxylic acids is 1. The normalized spacial score (nSPS) is 19.3. The number of aliphatic hydroxyl groups is 2. The second kappa shape index (κ2) is 7.97. The molecule has 2 aromatic rings. The summed E-state index contributed by atoms with van der Waals surface area (Å²) in [7, 11) is -1.31. The zero-order chi connectivity index (χ0) is 21.5. The second-order valence-corrected chi connectivity index (χ2v) is 7.82. The van der Waals surface area contributed by atoms with Gasteiger partial charge in [-0.25, -0.2) is 0 Å². The van der Waals surface area contributed by atoms with Crippen molar-refractivity contribution in [3.05, 3.63) is 58.4 Å². The van der Waals surface area contributed by atoms with Crippen LogP contribution in [-0.2, 0) is 29.7 Å². The second-order valence-electron chi connectivity index (χ2n) is 7.82. The van der Waals surface area contributed by atoms with Gasteiger partial charge in [-0.2, -0.15) is 0 Å². The number of rotatable bonds is 6. The maximum absolute atomic E-state index is 13.1. The summed E-state index contributed by atoms with van der Waals surface area (Å²) in [6, 6.07) is 6.85. The summed E-state index contributed by atoms with van der Waals surface area (Å²) in [4.78, 5) is 17.5. The molecule has 0 bridgehead atoms. The molecule has 1 aliphatic carbocycles. The third kappa shape index (κ3) is 3.57. The fourth-order valence-corrected chi connectivity index (χ4v) is 4.01. The van der Waals surface area contributed by atoms with Crippen molar-refractivity contribution in [1.82, 2.24) is 10.3 Å². The lowest BCUT2D eigenvalue weighted by Gasteiger charge is -2.31. The highest BCUT2D eigenvalue weighted by Gasteiger charge is 2.53. The maximum atomic E-state index is 13.1. The van der Waals surface area contributed by atoms with Gasteiger partial charge in [0.15, 0.2) is 6.29 Å². The van der Waals surface area contributed by atoms with Crippen LogP contribution in [0.5, 0.6) is 5.75 Å². The number of aromatic nitrogens is 1. The van der Waals surface area contributed by atoms with Crippen molar-refractivity contribution in [2.75, 3.05) is 0 Å². The Kier molecular flexibility index (Phi) is 5.52. The summed E-state index contributed by atoms with van der Waals surface area (Å²) in [5.41, 5.74) is 14.0. The average molecular weight is 412 g/mol. The van der Waals surface area contributed by atoms with E-state index in [4.69, 9.17) is 16.1 Å². The van der Waals surface area contributed by atoms with Crippen LogP contribution in [0.1, 0.15) is 47.1 Å². The van der Waals surface area contributed by atoms with E-state index >= 15 is 0 Å². The first-order valence-electron chi connectivity index (χ1n) is 9.91. The Morgan fingerprint density at radius 3 is 2.73 bits per heavy atom. The van der Waals surface area contributed by atoms with Gasteiger partial charge in [0.05, 0.1) is 17.1 Å². The quantitative estimate of drug-likeness (QED) is 0.264. The number of carbonyl (C=O) groups is 1. The standard InChI is InChI=1S/C20H25BN4O5/c22-8-12-6-13(10-24-15(12)9-23)20(4-5-20)19(28)25-16-7-11-2-1-3-14(18(26)27)17(11)30-21(16)29/h1-3,6,10,16,18,26-27,29H,4-5,7-9,22-23H2,(H,25,28)/t16-/m0/s1. The minimum absolute atomic E-state index is 0.176. The lowest BCUT2D eigenvalue weighted by atomic mass is 9.72. The number of nitrogens with one attached hydrogen (secondary N) is 1. The molecular formula is C20H25BN4O5. The van der Waals surface area contributed by atoms with Crippen LogP contribution in [0.2, 0.25) is 0 Å². The predicted octanol–water partition coefficient (Wildman–Crippen LogP) is -0.847. The number of nitrogens with two attached hydrogens (primary N) is 2. The smallest absolute Gasteiger partial charge is 0.534 e. The number of amides is 1. The molecule has 1 aromatic carbocycles. The summed E-state index contributed by atoms with van der Waals surface area (Å²) >= 11 is 0. The van der Waals surface area contributed by atoms with Crippen LogP contribution in [-0.4, -0.2) is 39.2 Å². The minimum atomic E-state index is -1.71. The van der Waals surface area contributed by atoms with E-state index in [1.807, 2.05) is 6.07 Å². The molecule has 0 spiro atoms. The Labute approximate surface area is 174 Å². The van der Waals surface area contributed by atoms with E-state index in [0.29, 0.717) is 30.5 Å². The molecule has 9 nitrogen and oxygen atoms in total. The average Bonchev–Trinajstić information content (AvgIpc) is 3.55. The molecule has 30 heavy (non-hydrogen) atoms. The molecule has 158 valence electrons. The van der Waals surface area contributed by atoms with Crippen LogP contribution in [0.4, 0.5) is 0 Å². The largest absolute Gasteiger partial charge is 0.547 e. The van der Waals surface area contributed by atoms with Crippen molar-refractivity contribution in [1.29, 1.82) is 0 Å². The number of fused-ring (bicyclic) bond motifs is 1. The Morgan fingerprint density at radius 1 is 1.33 bits per heavy atom. The third-order valence-electron chi connectivity index (χ3n) is 5.95. The zero-order valence-electron chi connectivity index (χ0n) is 16.4. The molecule has 4 rings (SSSR count). The molecule has 1 aromatic heterocycles. The molecule has 0 unspecified atom stereocenters.